The van der Waals surface area contributed by atoms with Crippen molar-refractivity contribution < 1.29 is 50.5 Å². The Hall–Kier alpha value is -11.4. The molecule has 4 saturated heterocycles. The third-order valence-corrected chi connectivity index (χ3v) is 31.1. The summed E-state index contributed by atoms with van der Waals surface area (Å²) >= 11 is 3.68. The van der Waals surface area contributed by atoms with Crippen molar-refractivity contribution in [3.8, 4) is 22.3 Å². The number of furan rings is 3. The lowest BCUT2D eigenvalue weighted by atomic mass is 9.75. The molecule has 0 bridgehead atoms. The van der Waals surface area contributed by atoms with Crippen molar-refractivity contribution in [3.63, 3.8) is 0 Å². The zero-order chi connectivity index (χ0) is 87.4. The number of thiophene rings is 2. The fourth-order valence-corrected chi connectivity index (χ4v) is 21.1. The highest BCUT2D eigenvalue weighted by Gasteiger charge is 2.56. The first kappa shape index (κ1) is 81.4. The van der Waals surface area contributed by atoms with Crippen molar-refractivity contribution in [2.45, 2.75) is 156 Å². The molecule has 0 saturated carbocycles. The summed E-state index contributed by atoms with van der Waals surface area (Å²) < 4.78 is 74.7. The summed E-state index contributed by atoms with van der Waals surface area (Å²) in [5.74, 6) is 0. The first-order valence-electron chi connectivity index (χ1n) is 44.1. The molecule has 4 fully saturated rings. The molecule has 4 aliphatic rings. The minimum atomic E-state index is -0.414. The highest BCUT2D eigenvalue weighted by molar-refractivity contribution is 7.27. The average molecular weight is 1700 g/mol. The Labute approximate surface area is 747 Å². The van der Waals surface area contributed by atoms with Crippen LogP contribution in [-0.4, -0.2) is 73.3 Å². The molecule has 0 aliphatic carbocycles. The first-order chi connectivity index (χ1) is 60.8. The van der Waals surface area contributed by atoms with Crippen molar-refractivity contribution in [3.05, 3.63) is 291 Å². The van der Waals surface area contributed by atoms with E-state index in [1.54, 1.807) is 0 Å². The van der Waals surface area contributed by atoms with Gasteiger partial charge in [0.1, 0.15) is 33.5 Å². The van der Waals surface area contributed by atoms with Crippen LogP contribution >= 0.6 is 22.7 Å². The van der Waals surface area contributed by atoms with Gasteiger partial charge >= 0.3 is 28.5 Å². The standard InChI is InChI=1S/C34H27BO3S.C32H27BO3.C22H21BO3.C22H21BO2S/c1-33(2)34(3,4)38-35(37-33)21-13-15-26-25-14-12-20(18-30(25)39-31(26)19-21)22-9-7-10-27-23(22)16-17-28-24-8-5-6-11-29(24)36-32(27)28;1-31(2)32(3,4)36-33(35-31)28-10-7-8-20-12-13-22(19-27(20)28)21-14-16-24-23(18-21)15-17-26-25-9-5-6-11-29(25)34-30(24)26;1-21(2)22(3,4)26-23(25-21)17-10-7-8-14-12-13-16-15-9-5-6-11-18(15)24-20(16)19(14)17;1-21(2)22(3,4)25-23(24-21)18-10-7-9-16-14(18)12-13-17-15-8-5-6-11-19(15)26-20(16)17/h5-19H,1-4H3;5-19H,1-4H3;2*5-13H,1-4H3. The Morgan fingerprint density at radius 2 is 0.583 bits per heavy atom. The van der Waals surface area contributed by atoms with Crippen LogP contribution in [-0.2, 0) is 37.2 Å². The third-order valence-electron chi connectivity index (χ3n) is 28.7. The second-order valence-electron chi connectivity index (χ2n) is 38.6. The highest BCUT2D eigenvalue weighted by Crippen LogP contribution is 2.48. The van der Waals surface area contributed by atoms with Crippen LogP contribution < -0.4 is 21.9 Å². The van der Waals surface area contributed by atoms with E-state index in [0.29, 0.717) is 0 Å². The average Bonchev–Trinajstić information content (AvgIpc) is 1.62. The van der Waals surface area contributed by atoms with Crippen LogP contribution in [0.1, 0.15) is 111 Å². The van der Waals surface area contributed by atoms with Crippen LogP contribution in [0.25, 0.3) is 182 Å². The molecule has 17 heteroatoms. The van der Waals surface area contributed by atoms with E-state index in [9.17, 15) is 0 Å². The molecular formula is C110H96B4O11S2. The Morgan fingerprint density at radius 1 is 0.213 bits per heavy atom. The van der Waals surface area contributed by atoms with Crippen LogP contribution in [0.4, 0.5) is 0 Å². The Kier molecular flexibility index (Phi) is 19.0. The molecule has 0 unspecified atom stereocenters. The van der Waals surface area contributed by atoms with Gasteiger partial charge in [0.15, 0.2) is 0 Å². The quantitative estimate of drug-likeness (QED) is 0.148. The second kappa shape index (κ2) is 29.6. The number of para-hydroxylation sites is 3. The molecule has 0 atom stereocenters. The van der Waals surface area contributed by atoms with E-state index in [1.807, 2.05) is 65.1 Å². The van der Waals surface area contributed by atoms with Crippen molar-refractivity contribution >= 4 is 233 Å². The molecule has 4 aliphatic heterocycles. The van der Waals surface area contributed by atoms with Gasteiger partial charge < -0.3 is 50.5 Å². The van der Waals surface area contributed by atoms with E-state index in [0.717, 1.165) is 120 Å². The van der Waals surface area contributed by atoms with Gasteiger partial charge in [-0.05, 0) is 265 Å². The van der Waals surface area contributed by atoms with Crippen LogP contribution in [0.15, 0.2) is 304 Å². The summed E-state index contributed by atoms with van der Waals surface area (Å²) in [5, 5.41) is 23.7. The van der Waals surface area contributed by atoms with Gasteiger partial charge in [0.2, 0.25) is 0 Å². The van der Waals surface area contributed by atoms with Gasteiger partial charge in [0, 0.05) is 88.8 Å². The summed E-state index contributed by atoms with van der Waals surface area (Å²) in [6.07, 6.45) is 0. The Morgan fingerprint density at radius 3 is 1.20 bits per heavy atom. The molecule has 626 valence electrons. The predicted molar refractivity (Wildman–Crippen MR) is 535 cm³/mol. The van der Waals surface area contributed by atoms with Gasteiger partial charge in [0.25, 0.3) is 0 Å². The molecule has 0 radical (unpaired) electrons. The molecule has 25 rings (SSSR count). The van der Waals surface area contributed by atoms with Gasteiger partial charge in [-0.3, -0.25) is 0 Å². The monoisotopic (exact) mass is 1700 g/mol. The molecule has 9 heterocycles. The first-order valence-corrected chi connectivity index (χ1v) is 45.7. The van der Waals surface area contributed by atoms with Crippen molar-refractivity contribution in [1.29, 1.82) is 0 Å². The molecular weight excluding hydrogens is 1600 g/mol. The van der Waals surface area contributed by atoms with E-state index >= 15 is 0 Å². The number of hydrogen-bond acceptors (Lipinski definition) is 13. The van der Waals surface area contributed by atoms with Gasteiger partial charge in [-0.1, -0.05) is 218 Å². The topological polar surface area (TPSA) is 113 Å². The Balaban J connectivity index is 0.000000102. The van der Waals surface area contributed by atoms with E-state index in [-0.39, 0.29) is 59.0 Å². The lowest BCUT2D eigenvalue weighted by molar-refractivity contribution is 0.00578. The van der Waals surface area contributed by atoms with Crippen LogP contribution in [0.2, 0.25) is 0 Å². The summed E-state index contributed by atoms with van der Waals surface area (Å²) in [6, 6.07) is 103. The fourth-order valence-electron chi connectivity index (χ4n) is 18.7. The Bertz CT molecular complexity index is 8020. The molecule has 11 nitrogen and oxygen atoms in total. The largest absolute Gasteiger partial charge is 0.495 e. The number of rotatable bonds is 6. The summed E-state index contributed by atoms with van der Waals surface area (Å²) in [6.45, 7) is 33.5. The molecule has 127 heavy (non-hydrogen) atoms. The van der Waals surface area contributed by atoms with Gasteiger partial charge in [-0.2, -0.15) is 0 Å². The highest BCUT2D eigenvalue weighted by atomic mass is 32.1. The maximum Gasteiger partial charge on any atom is 0.495 e. The lowest BCUT2D eigenvalue weighted by Crippen LogP contribution is -2.41. The van der Waals surface area contributed by atoms with Crippen molar-refractivity contribution in [2.75, 3.05) is 0 Å². The van der Waals surface area contributed by atoms with Crippen LogP contribution in [0, 0.1) is 0 Å². The maximum atomic E-state index is 6.39. The molecule has 0 amide bonds. The van der Waals surface area contributed by atoms with Crippen molar-refractivity contribution in [1.82, 2.24) is 0 Å². The van der Waals surface area contributed by atoms with E-state index < -0.39 is 14.2 Å². The van der Waals surface area contributed by atoms with Gasteiger partial charge in [0.05, 0.1) is 44.8 Å². The van der Waals surface area contributed by atoms with Crippen molar-refractivity contribution in [2.24, 2.45) is 0 Å². The summed E-state index contributed by atoms with van der Waals surface area (Å²) in [5.41, 5.74) is 11.7. The minimum Gasteiger partial charge on any atom is -0.455 e. The molecule has 16 aromatic carbocycles. The minimum absolute atomic E-state index is 0.332. The van der Waals surface area contributed by atoms with Crippen LogP contribution in [0.3, 0.4) is 0 Å². The summed E-state index contributed by atoms with van der Waals surface area (Å²) in [7, 11) is -1.50. The van der Waals surface area contributed by atoms with Crippen LogP contribution in [0.5, 0.6) is 0 Å². The number of fused-ring (bicyclic) bond motifs is 24. The third kappa shape index (κ3) is 13.5. The lowest BCUT2D eigenvalue weighted by Gasteiger charge is -2.32. The second-order valence-corrected chi connectivity index (χ2v) is 40.7. The molecule has 0 spiro atoms. The molecule has 0 N–H and O–H groups in total. The normalized spacial score (nSPS) is 17.8. The van der Waals surface area contributed by atoms with Gasteiger partial charge in [-0.25, -0.2) is 0 Å². The fraction of sp³-hybridized carbons (Fsp3) is 0.218. The zero-order valence-electron chi connectivity index (χ0n) is 74.3. The van der Waals surface area contributed by atoms with E-state index in [1.165, 1.54) is 84.0 Å². The SMILES string of the molecule is CC1(C)OB(c2ccc3c(c2)sc2cc(-c4cccc5c4ccc4c6ccccc6oc54)ccc23)OC1(C)C.CC1(C)OB(c2cccc3c2ccc2c4ccccc4sc32)OC1(C)C.CC1(C)OB(c2cccc3ccc(-c4ccc5c(ccc6c7ccccc7oc56)c4)cc23)OC1(C)C.CC1(C)OB(c2cccc3ccc4c5ccccc5oc4c23)OC1(C)C. The number of hydrogen-bond donors (Lipinski definition) is 0. The summed E-state index contributed by atoms with van der Waals surface area (Å²) in [4.78, 5) is 0. The maximum absolute atomic E-state index is 6.39. The number of benzene rings is 16. The molecule has 5 aromatic heterocycles. The molecule has 21 aromatic rings. The zero-order valence-corrected chi connectivity index (χ0v) is 76.0. The van der Waals surface area contributed by atoms with E-state index in [2.05, 4.69) is 360 Å². The smallest absolute Gasteiger partial charge is 0.455 e. The van der Waals surface area contributed by atoms with Gasteiger partial charge in [-0.15, -0.1) is 22.7 Å². The van der Waals surface area contributed by atoms with E-state index in [4.69, 9.17) is 50.5 Å². The predicted octanol–water partition coefficient (Wildman–Crippen LogP) is 27.5.